The van der Waals surface area contributed by atoms with Crippen LogP contribution in [-0.4, -0.2) is 16.2 Å². The van der Waals surface area contributed by atoms with Gasteiger partial charge in [0.2, 0.25) is 5.82 Å². The second-order valence-corrected chi connectivity index (χ2v) is 3.76. The maximum absolute atomic E-state index is 5.70. The maximum Gasteiger partial charge on any atom is 0.218 e. The molecule has 0 aliphatic rings. The standard InChI is InChI=1S/C11H19N5/c1-3-5-9(6-4-2)14-16-11-10(12)7-8-13-15-11/h7-9H,3-6H2,1-2H3,(H2,12,13). The summed E-state index contributed by atoms with van der Waals surface area (Å²) in [7, 11) is 0. The lowest BCUT2D eigenvalue weighted by atomic mass is 10.1. The van der Waals surface area contributed by atoms with Crippen molar-refractivity contribution in [3.63, 3.8) is 0 Å². The molecule has 0 saturated carbocycles. The van der Waals surface area contributed by atoms with Crippen LogP contribution in [-0.2, 0) is 0 Å². The summed E-state index contributed by atoms with van der Waals surface area (Å²) in [6, 6.07) is 1.95. The molecule has 1 aromatic heterocycles. The van der Waals surface area contributed by atoms with E-state index in [9.17, 15) is 0 Å². The Morgan fingerprint density at radius 3 is 2.56 bits per heavy atom. The summed E-state index contributed by atoms with van der Waals surface area (Å²) in [6.07, 6.45) is 5.87. The molecule has 0 fully saturated rings. The Balaban J connectivity index is 2.66. The van der Waals surface area contributed by atoms with E-state index in [0.717, 1.165) is 25.7 Å². The Morgan fingerprint density at radius 1 is 1.31 bits per heavy atom. The molecule has 2 N–H and O–H groups in total. The summed E-state index contributed by atoms with van der Waals surface area (Å²) in [5.41, 5.74) is 6.22. The van der Waals surface area contributed by atoms with E-state index in [1.54, 1.807) is 12.3 Å². The van der Waals surface area contributed by atoms with Crippen LogP contribution in [0.4, 0.5) is 11.5 Å². The number of nitrogens with two attached hydrogens (primary N) is 1. The number of hydrogen-bond acceptors (Lipinski definition) is 5. The van der Waals surface area contributed by atoms with Gasteiger partial charge in [-0.2, -0.15) is 10.2 Å². The van der Waals surface area contributed by atoms with Crippen LogP contribution < -0.4 is 5.73 Å². The molecule has 1 heterocycles. The summed E-state index contributed by atoms with van der Waals surface area (Å²) in [5.74, 6) is 0.416. The highest BCUT2D eigenvalue weighted by Crippen LogP contribution is 2.18. The molecule has 1 rings (SSSR count). The molecule has 1 aromatic rings. The van der Waals surface area contributed by atoms with Crippen molar-refractivity contribution in [2.75, 3.05) is 5.73 Å². The SMILES string of the molecule is CCCC(CCC)N=Nc1nnccc1N. The van der Waals surface area contributed by atoms with Crippen molar-refractivity contribution in [3.05, 3.63) is 12.3 Å². The van der Waals surface area contributed by atoms with Gasteiger partial charge in [-0.3, -0.25) is 0 Å². The molecule has 0 aromatic carbocycles. The Bertz CT molecular complexity index is 331. The second kappa shape index (κ2) is 6.87. The zero-order valence-corrected chi connectivity index (χ0v) is 9.93. The Hall–Kier alpha value is -1.52. The van der Waals surface area contributed by atoms with Gasteiger partial charge in [0.15, 0.2) is 0 Å². The molecule has 0 aliphatic carbocycles. The average molecular weight is 221 g/mol. The van der Waals surface area contributed by atoms with Crippen LogP contribution in [0.1, 0.15) is 39.5 Å². The number of azo groups is 1. The van der Waals surface area contributed by atoms with Crippen LogP contribution in [0, 0.1) is 0 Å². The summed E-state index contributed by atoms with van der Waals surface area (Å²) in [5, 5.41) is 15.9. The van der Waals surface area contributed by atoms with Gasteiger partial charge < -0.3 is 5.73 Å². The molecule has 5 nitrogen and oxygen atoms in total. The van der Waals surface area contributed by atoms with Crippen molar-refractivity contribution < 1.29 is 0 Å². The zero-order valence-electron chi connectivity index (χ0n) is 9.93. The third-order valence-electron chi connectivity index (χ3n) is 2.29. The van der Waals surface area contributed by atoms with E-state index < -0.39 is 0 Å². The van der Waals surface area contributed by atoms with Gasteiger partial charge in [-0.15, -0.1) is 10.2 Å². The van der Waals surface area contributed by atoms with Crippen LogP contribution in [0.25, 0.3) is 0 Å². The van der Waals surface area contributed by atoms with Gasteiger partial charge in [-0.1, -0.05) is 26.7 Å². The molecule has 0 aliphatic heterocycles. The van der Waals surface area contributed by atoms with E-state index in [1.165, 1.54) is 0 Å². The van der Waals surface area contributed by atoms with Crippen LogP contribution >= 0.6 is 0 Å². The van der Waals surface area contributed by atoms with Crippen molar-refractivity contribution in [2.45, 2.75) is 45.6 Å². The first kappa shape index (κ1) is 12.5. The fraction of sp³-hybridized carbons (Fsp3) is 0.636. The molecule has 0 amide bonds. The van der Waals surface area contributed by atoms with Crippen molar-refractivity contribution in [1.82, 2.24) is 10.2 Å². The third-order valence-corrected chi connectivity index (χ3v) is 2.29. The topological polar surface area (TPSA) is 76.5 Å². The minimum atomic E-state index is 0.274. The first-order valence-electron chi connectivity index (χ1n) is 5.76. The quantitative estimate of drug-likeness (QED) is 0.750. The van der Waals surface area contributed by atoms with Gasteiger partial charge in [0.25, 0.3) is 0 Å². The van der Waals surface area contributed by atoms with Crippen molar-refractivity contribution in [3.8, 4) is 0 Å². The minimum absolute atomic E-state index is 0.274. The van der Waals surface area contributed by atoms with E-state index in [1.807, 2.05) is 0 Å². The van der Waals surface area contributed by atoms with Crippen molar-refractivity contribution in [1.29, 1.82) is 0 Å². The smallest absolute Gasteiger partial charge is 0.218 e. The van der Waals surface area contributed by atoms with Gasteiger partial charge in [0, 0.05) is 0 Å². The normalized spacial score (nSPS) is 11.4. The molecular formula is C11H19N5. The molecule has 0 saturated heterocycles. The predicted octanol–water partition coefficient (Wildman–Crippen LogP) is 3.11. The maximum atomic E-state index is 5.70. The van der Waals surface area contributed by atoms with Crippen LogP contribution in [0.2, 0.25) is 0 Å². The van der Waals surface area contributed by atoms with E-state index in [2.05, 4.69) is 34.3 Å². The molecule has 0 radical (unpaired) electrons. The van der Waals surface area contributed by atoms with Crippen LogP contribution in [0.5, 0.6) is 0 Å². The van der Waals surface area contributed by atoms with E-state index in [-0.39, 0.29) is 6.04 Å². The number of rotatable bonds is 6. The van der Waals surface area contributed by atoms with E-state index in [0.29, 0.717) is 11.5 Å². The number of aromatic nitrogens is 2. The lowest BCUT2D eigenvalue weighted by molar-refractivity contribution is 0.536. The van der Waals surface area contributed by atoms with Gasteiger partial charge in [0.1, 0.15) is 0 Å². The lowest BCUT2D eigenvalue weighted by Gasteiger charge is -2.07. The lowest BCUT2D eigenvalue weighted by Crippen LogP contribution is -2.02. The molecule has 0 atom stereocenters. The van der Waals surface area contributed by atoms with Gasteiger partial charge in [-0.25, -0.2) is 0 Å². The van der Waals surface area contributed by atoms with Gasteiger partial charge in [0.05, 0.1) is 17.9 Å². The first-order valence-corrected chi connectivity index (χ1v) is 5.76. The molecule has 5 heteroatoms. The van der Waals surface area contributed by atoms with Crippen LogP contribution in [0.15, 0.2) is 22.5 Å². The van der Waals surface area contributed by atoms with E-state index >= 15 is 0 Å². The third kappa shape index (κ3) is 3.92. The highest BCUT2D eigenvalue weighted by Gasteiger charge is 2.05. The highest BCUT2D eigenvalue weighted by atomic mass is 15.2. The molecule has 0 bridgehead atoms. The predicted molar refractivity (Wildman–Crippen MR) is 64.6 cm³/mol. The van der Waals surface area contributed by atoms with Crippen LogP contribution in [0.3, 0.4) is 0 Å². The molecular weight excluding hydrogens is 202 g/mol. The Morgan fingerprint density at radius 2 is 2.00 bits per heavy atom. The first-order chi connectivity index (χ1) is 7.77. The summed E-state index contributed by atoms with van der Waals surface area (Å²) < 4.78 is 0. The monoisotopic (exact) mass is 221 g/mol. The largest absolute Gasteiger partial charge is 0.396 e. The molecule has 0 unspecified atom stereocenters. The fourth-order valence-electron chi connectivity index (χ4n) is 1.47. The van der Waals surface area contributed by atoms with Gasteiger partial charge >= 0.3 is 0 Å². The number of nitrogens with zero attached hydrogens (tertiary/aromatic N) is 4. The zero-order chi connectivity index (χ0) is 11.8. The molecule has 16 heavy (non-hydrogen) atoms. The number of anilines is 1. The fourth-order valence-corrected chi connectivity index (χ4v) is 1.47. The summed E-state index contributed by atoms with van der Waals surface area (Å²) in [6.45, 7) is 4.30. The highest BCUT2D eigenvalue weighted by molar-refractivity contribution is 5.54. The molecule has 0 spiro atoms. The second-order valence-electron chi connectivity index (χ2n) is 3.76. The van der Waals surface area contributed by atoms with Crippen molar-refractivity contribution >= 4 is 11.5 Å². The number of nitrogen functional groups attached to an aromatic ring is 1. The van der Waals surface area contributed by atoms with Crippen molar-refractivity contribution in [2.24, 2.45) is 10.2 Å². The minimum Gasteiger partial charge on any atom is -0.396 e. The average Bonchev–Trinajstić information content (AvgIpc) is 2.28. The van der Waals surface area contributed by atoms with E-state index in [4.69, 9.17) is 5.73 Å². The summed E-state index contributed by atoms with van der Waals surface area (Å²) >= 11 is 0. The Labute approximate surface area is 96.2 Å². The molecule has 88 valence electrons. The summed E-state index contributed by atoms with van der Waals surface area (Å²) in [4.78, 5) is 0. The van der Waals surface area contributed by atoms with Gasteiger partial charge in [-0.05, 0) is 18.9 Å². The Kier molecular flexibility index (Phi) is 5.39. The number of hydrogen-bond donors (Lipinski definition) is 1.